The summed E-state index contributed by atoms with van der Waals surface area (Å²) >= 11 is 0. The number of carboxylic acids is 1. The number of hydrogen-bond donors (Lipinski definition) is 1. The zero-order valence-electron chi connectivity index (χ0n) is 11.2. The van der Waals surface area contributed by atoms with Gasteiger partial charge in [0.15, 0.2) is 17.3 Å². The molecule has 0 fully saturated rings. The topological polar surface area (TPSA) is 63.6 Å². The van der Waals surface area contributed by atoms with Gasteiger partial charge in [-0.3, -0.25) is 9.59 Å². The predicted molar refractivity (Wildman–Crippen MR) is 67.9 cm³/mol. The molecule has 5 heteroatoms. The standard InChI is InChI=1S/C14H17FO4/c1-14(2,13(17)18)7-6-11(16)9-4-5-12(19-3)10(15)8-9/h4-5,8H,6-7H2,1-3H3,(H,17,18). The van der Waals surface area contributed by atoms with Gasteiger partial charge in [-0.15, -0.1) is 0 Å². The number of ketones is 1. The number of halogens is 1. The smallest absolute Gasteiger partial charge is 0.309 e. The molecule has 0 amide bonds. The summed E-state index contributed by atoms with van der Waals surface area (Å²) in [6, 6.07) is 3.96. The SMILES string of the molecule is COc1ccc(C(=O)CCC(C)(C)C(=O)O)cc1F. The van der Waals surface area contributed by atoms with E-state index in [0.29, 0.717) is 0 Å². The van der Waals surface area contributed by atoms with Gasteiger partial charge in [-0.05, 0) is 38.5 Å². The minimum absolute atomic E-state index is 0.0606. The van der Waals surface area contributed by atoms with Crippen LogP contribution in [0, 0.1) is 11.2 Å². The van der Waals surface area contributed by atoms with Crippen LogP contribution in [0.3, 0.4) is 0 Å². The highest BCUT2D eigenvalue weighted by Crippen LogP contribution is 2.25. The van der Waals surface area contributed by atoms with E-state index in [2.05, 4.69) is 0 Å². The maximum atomic E-state index is 13.4. The molecule has 0 aliphatic rings. The molecule has 0 unspecified atom stereocenters. The van der Waals surface area contributed by atoms with Gasteiger partial charge in [0, 0.05) is 12.0 Å². The number of hydrogen-bond acceptors (Lipinski definition) is 3. The monoisotopic (exact) mass is 268 g/mol. The van der Waals surface area contributed by atoms with Crippen LogP contribution in [0.25, 0.3) is 0 Å². The summed E-state index contributed by atoms with van der Waals surface area (Å²) < 4.78 is 18.2. The highest BCUT2D eigenvalue weighted by Gasteiger charge is 2.27. The van der Waals surface area contributed by atoms with E-state index < -0.39 is 17.2 Å². The van der Waals surface area contributed by atoms with Crippen LogP contribution in [0.15, 0.2) is 18.2 Å². The molecule has 0 radical (unpaired) electrons. The lowest BCUT2D eigenvalue weighted by molar-refractivity contribution is -0.147. The molecule has 0 aromatic heterocycles. The van der Waals surface area contributed by atoms with Gasteiger partial charge in [0.1, 0.15) is 0 Å². The Balaban J connectivity index is 2.74. The Morgan fingerprint density at radius 1 is 1.37 bits per heavy atom. The highest BCUT2D eigenvalue weighted by molar-refractivity contribution is 5.96. The third-order valence-electron chi connectivity index (χ3n) is 3.03. The van der Waals surface area contributed by atoms with E-state index in [1.807, 2.05) is 0 Å². The van der Waals surface area contributed by atoms with Crippen LogP contribution in [-0.4, -0.2) is 24.0 Å². The summed E-state index contributed by atoms with van der Waals surface area (Å²) in [6.07, 6.45) is 0.264. The second kappa shape index (κ2) is 5.82. The Morgan fingerprint density at radius 2 is 2.00 bits per heavy atom. The Hall–Kier alpha value is -1.91. The van der Waals surface area contributed by atoms with Gasteiger partial charge in [-0.25, -0.2) is 4.39 Å². The van der Waals surface area contributed by atoms with Crippen molar-refractivity contribution < 1.29 is 23.8 Å². The van der Waals surface area contributed by atoms with Crippen molar-refractivity contribution in [3.63, 3.8) is 0 Å². The molecule has 0 aliphatic heterocycles. The van der Waals surface area contributed by atoms with Gasteiger partial charge >= 0.3 is 5.97 Å². The molecule has 0 atom stereocenters. The van der Waals surface area contributed by atoms with E-state index in [4.69, 9.17) is 9.84 Å². The van der Waals surface area contributed by atoms with Crippen molar-refractivity contribution in [2.24, 2.45) is 5.41 Å². The first-order chi connectivity index (χ1) is 8.77. The maximum Gasteiger partial charge on any atom is 0.309 e. The van der Waals surface area contributed by atoms with Crippen molar-refractivity contribution in [2.45, 2.75) is 26.7 Å². The van der Waals surface area contributed by atoms with Crippen LogP contribution in [-0.2, 0) is 4.79 Å². The molecule has 0 spiro atoms. The van der Waals surface area contributed by atoms with Gasteiger partial charge in [0.25, 0.3) is 0 Å². The summed E-state index contributed by atoms with van der Waals surface area (Å²) in [5, 5.41) is 8.95. The summed E-state index contributed by atoms with van der Waals surface area (Å²) in [5.41, 5.74) is -0.750. The van der Waals surface area contributed by atoms with Crippen molar-refractivity contribution >= 4 is 11.8 Å². The summed E-state index contributed by atoms with van der Waals surface area (Å²) in [7, 11) is 1.34. The first kappa shape index (κ1) is 15.1. The number of carboxylic acid groups (broad SMARTS) is 1. The number of carbonyl (C=O) groups is 2. The Kier molecular flexibility index (Phi) is 4.64. The third-order valence-corrected chi connectivity index (χ3v) is 3.03. The second-order valence-corrected chi connectivity index (χ2v) is 4.96. The molecule has 19 heavy (non-hydrogen) atoms. The molecule has 4 nitrogen and oxygen atoms in total. The van der Waals surface area contributed by atoms with E-state index in [-0.39, 0.29) is 29.9 Å². The first-order valence-electron chi connectivity index (χ1n) is 5.88. The van der Waals surface area contributed by atoms with Crippen LogP contribution in [0.4, 0.5) is 4.39 Å². The number of Topliss-reactive ketones (excluding diaryl/α,β-unsaturated/α-hetero) is 1. The van der Waals surface area contributed by atoms with Gasteiger partial charge in [0.05, 0.1) is 12.5 Å². The average Bonchev–Trinajstić information content (AvgIpc) is 2.35. The Labute approximate surface area is 111 Å². The van der Waals surface area contributed by atoms with Crippen molar-refractivity contribution in [2.75, 3.05) is 7.11 Å². The second-order valence-electron chi connectivity index (χ2n) is 4.96. The number of rotatable bonds is 6. The fourth-order valence-electron chi connectivity index (χ4n) is 1.52. The molecule has 1 N–H and O–H groups in total. The van der Waals surface area contributed by atoms with Gasteiger partial charge < -0.3 is 9.84 Å². The highest BCUT2D eigenvalue weighted by atomic mass is 19.1. The third kappa shape index (κ3) is 3.77. The summed E-state index contributed by atoms with van der Waals surface area (Å²) in [6.45, 7) is 3.11. The molecule has 0 saturated carbocycles. The minimum Gasteiger partial charge on any atom is -0.494 e. The Morgan fingerprint density at radius 3 is 2.47 bits per heavy atom. The molecule has 0 saturated heterocycles. The van der Waals surface area contributed by atoms with Gasteiger partial charge in [0.2, 0.25) is 0 Å². The number of benzene rings is 1. The number of carbonyl (C=O) groups excluding carboxylic acids is 1. The Bertz CT molecular complexity index is 494. The molecular formula is C14H17FO4. The first-order valence-corrected chi connectivity index (χ1v) is 5.88. The van der Waals surface area contributed by atoms with Crippen LogP contribution in [0.5, 0.6) is 5.75 Å². The lowest BCUT2D eigenvalue weighted by atomic mass is 9.86. The predicted octanol–water partition coefficient (Wildman–Crippen LogP) is 2.91. The largest absolute Gasteiger partial charge is 0.494 e. The average molecular weight is 268 g/mol. The number of methoxy groups -OCH3 is 1. The molecule has 104 valence electrons. The number of aliphatic carboxylic acids is 1. The molecule has 0 aliphatic carbocycles. The lowest BCUT2D eigenvalue weighted by Crippen LogP contribution is -2.24. The summed E-state index contributed by atoms with van der Waals surface area (Å²) in [4.78, 5) is 22.8. The van der Waals surface area contributed by atoms with Crippen LogP contribution in [0.1, 0.15) is 37.0 Å². The molecule has 1 rings (SSSR count). The van der Waals surface area contributed by atoms with Gasteiger partial charge in [-0.2, -0.15) is 0 Å². The van der Waals surface area contributed by atoms with E-state index in [1.165, 1.54) is 19.2 Å². The summed E-state index contributed by atoms with van der Waals surface area (Å²) in [5.74, 6) is -1.77. The fraction of sp³-hybridized carbons (Fsp3) is 0.429. The lowest BCUT2D eigenvalue weighted by Gasteiger charge is -2.18. The van der Waals surface area contributed by atoms with Crippen LogP contribution in [0.2, 0.25) is 0 Å². The van der Waals surface area contributed by atoms with Crippen molar-refractivity contribution in [1.82, 2.24) is 0 Å². The molecular weight excluding hydrogens is 251 g/mol. The maximum absolute atomic E-state index is 13.4. The molecule has 0 heterocycles. The zero-order valence-corrected chi connectivity index (χ0v) is 11.2. The van der Waals surface area contributed by atoms with Crippen LogP contribution >= 0.6 is 0 Å². The molecule has 0 bridgehead atoms. The van der Waals surface area contributed by atoms with Crippen LogP contribution < -0.4 is 4.74 Å². The molecule has 1 aromatic rings. The minimum atomic E-state index is -0.972. The number of ether oxygens (including phenoxy) is 1. The fourth-order valence-corrected chi connectivity index (χ4v) is 1.52. The normalized spacial score (nSPS) is 11.2. The van der Waals surface area contributed by atoms with Crippen molar-refractivity contribution in [3.8, 4) is 5.75 Å². The van der Waals surface area contributed by atoms with E-state index in [9.17, 15) is 14.0 Å². The zero-order chi connectivity index (χ0) is 14.6. The quantitative estimate of drug-likeness (QED) is 0.806. The van der Waals surface area contributed by atoms with E-state index in [0.717, 1.165) is 6.07 Å². The molecule has 1 aromatic carbocycles. The van der Waals surface area contributed by atoms with Crippen molar-refractivity contribution in [3.05, 3.63) is 29.6 Å². The van der Waals surface area contributed by atoms with E-state index in [1.54, 1.807) is 13.8 Å². The van der Waals surface area contributed by atoms with Gasteiger partial charge in [-0.1, -0.05) is 0 Å². The van der Waals surface area contributed by atoms with Crippen molar-refractivity contribution in [1.29, 1.82) is 0 Å². The van der Waals surface area contributed by atoms with E-state index >= 15 is 0 Å².